The normalized spacial score (nSPS) is 9.67. The van der Waals surface area contributed by atoms with Crippen LogP contribution in [0.15, 0.2) is 16.7 Å². The van der Waals surface area contributed by atoms with E-state index >= 15 is 0 Å². The van der Waals surface area contributed by atoms with Crippen molar-refractivity contribution in [3.8, 4) is 6.07 Å². The number of pyridine rings is 1. The van der Waals surface area contributed by atoms with Crippen molar-refractivity contribution in [2.75, 3.05) is 25.5 Å². The molecule has 0 atom stereocenters. The Hall–Kier alpha value is -1.61. The van der Waals surface area contributed by atoms with Crippen LogP contribution in [0.2, 0.25) is 0 Å². The van der Waals surface area contributed by atoms with Crippen molar-refractivity contribution in [1.82, 2.24) is 9.88 Å². The summed E-state index contributed by atoms with van der Waals surface area (Å²) in [4.78, 5) is 17.9. The highest BCUT2D eigenvalue weighted by molar-refractivity contribution is 9.10. The van der Waals surface area contributed by atoms with Gasteiger partial charge in [-0.2, -0.15) is 5.26 Å². The van der Waals surface area contributed by atoms with Gasteiger partial charge < -0.3 is 10.2 Å². The third kappa shape index (κ3) is 3.70. The zero-order valence-corrected chi connectivity index (χ0v) is 12.0. The van der Waals surface area contributed by atoms with Crippen molar-refractivity contribution in [2.45, 2.75) is 13.3 Å². The molecule has 0 aliphatic rings. The smallest absolute Gasteiger partial charge is 0.257 e. The minimum Gasteiger partial charge on any atom is -0.370 e. The molecule has 0 aliphatic carbocycles. The van der Waals surface area contributed by atoms with E-state index in [4.69, 9.17) is 5.26 Å². The summed E-state index contributed by atoms with van der Waals surface area (Å²) in [6.07, 6.45) is 1.96. The first-order valence-electron chi connectivity index (χ1n) is 5.62. The molecule has 1 rings (SSSR count). The number of nitrogens with one attached hydrogen (secondary N) is 1. The number of amides is 1. The van der Waals surface area contributed by atoms with Crippen LogP contribution >= 0.6 is 15.9 Å². The zero-order chi connectivity index (χ0) is 13.5. The molecule has 0 unspecified atom stereocenters. The quantitative estimate of drug-likeness (QED) is 0.905. The molecular formula is C12H15BrN4O. The van der Waals surface area contributed by atoms with E-state index < -0.39 is 0 Å². The molecule has 5 nitrogen and oxygen atoms in total. The van der Waals surface area contributed by atoms with Gasteiger partial charge in [0, 0.05) is 30.8 Å². The van der Waals surface area contributed by atoms with Crippen LogP contribution in [0.5, 0.6) is 0 Å². The summed E-state index contributed by atoms with van der Waals surface area (Å²) in [7, 11) is 1.68. The van der Waals surface area contributed by atoms with Crippen LogP contribution in [0, 0.1) is 11.3 Å². The number of carbonyl (C=O) groups is 1. The number of hydrogen-bond donors (Lipinski definition) is 1. The monoisotopic (exact) mass is 310 g/mol. The molecule has 0 aromatic carbocycles. The summed E-state index contributed by atoms with van der Waals surface area (Å²) >= 11 is 3.30. The molecule has 96 valence electrons. The Kier molecular flexibility index (Phi) is 5.59. The lowest BCUT2D eigenvalue weighted by Gasteiger charge is -2.17. The van der Waals surface area contributed by atoms with Gasteiger partial charge >= 0.3 is 0 Å². The number of hydrogen-bond acceptors (Lipinski definition) is 4. The van der Waals surface area contributed by atoms with Crippen molar-refractivity contribution in [2.24, 2.45) is 0 Å². The van der Waals surface area contributed by atoms with Gasteiger partial charge in [0.2, 0.25) is 0 Å². The second-order valence-electron chi connectivity index (χ2n) is 3.71. The number of anilines is 1. The minimum atomic E-state index is -0.144. The van der Waals surface area contributed by atoms with Crippen LogP contribution in [0.25, 0.3) is 0 Å². The molecule has 0 spiro atoms. The van der Waals surface area contributed by atoms with Gasteiger partial charge in [-0.05, 0) is 28.9 Å². The molecule has 1 aromatic heterocycles. The molecule has 18 heavy (non-hydrogen) atoms. The third-order valence-electron chi connectivity index (χ3n) is 2.33. The predicted molar refractivity (Wildman–Crippen MR) is 73.3 cm³/mol. The fourth-order valence-corrected chi connectivity index (χ4v) is 1.77. The van der Waals surface area contributed by atoms with Crippen LogP contribution in [-0.2, 0) is 0 Å². The second kappa shape index (κ2) is 6.97. The number of rotatable bonds is 5. The Balaban J connectivity index is 2.96. The number of carbonyl (C=O) groups excluding carboxylic acids is 1. The lowest BCUT2D eigenvalue weighted by atomic mass is 10.2. The fraction of sp³-hybridized carbons (Fsp3) is 0.417. The van der Waals surface area contributed by atoms with E-state index in [2.05, 4.69) is 26.2 Å². The first-order valence-corrected chi connectivity index (χ1v) is 6.41. The van der Waals surface area contributed by atoms with Crippen LogP contribution in [0.3, 0.4) is 0 Å². The molecule has 0 aliphatic heterocycles. The van der Waals surface area contributed by atoms with Gasteiger partial charge in [-0.3, -0.25) is 4.79 Å². The molecule has 1 heterocycles. The molecule has 0 saturated carbocycles. The van der Waals surface area contributed by atoms with Crippen molar-refractivity contribution in [3.63, 3.8) is 0 Å². The van der Waals surface area contributed by atoms with Crippen LogP contribution in [0.1, 0.15) is 23.7 Å². The number of nitriles is 1. The maximum absolute atomic E-state index is 12.2. The Morgan fingerprint density at radius 1 is 1.67 bits per heavy atom. The molecule has 0 saturated heterocycles. The summed E-state index contributed by atoms with van der Waals surface area (Å²) in [5.74, 6) is 0.421. The average Bonchev–Trinajstić information content (AvgIpc) is 2.37. The van der Waals surface area contributed by atoms with Gasteiger partial charge in [0.25, 0.3) is 5.91 Å². The van der Waals surface area contributed by atoms with Gasteiger partial charge in [0.15, 0.2) is 0 Å². The lowest BCUT2D eigenvalue weighted by molar-refractivity contribution is 0.0798. The highest BCUT2D eigenvalue weighted by atomic mass is 79.9. The van der Waals surface area contributed by atoms with E-state index in [-0.39, 0.29) is 5.91 Å². The molecule has 1 aromatic rings. The van der Waals surface area contributed by atoms with Gasteiger partial charge in [-0.25, -0.2) is 4.98 Å². The summed E-state index contributed by atoms with van der Waals surface area (Å²) < 4.78 is 0.751. The van der Waals surface area contributed by atoms with Crippen molar-refractivity contribution in [1.29, 1.82) is 5.26 Å². The highest BCUT2D eigenvalue weighted by Gasteiger charge is 2.16. The highest BCUT2D eigenvalue weighted by Crippen LogP contribution is 2.19. The number of aromatic nitrogens is 1. The van der Waals surface area contributed by atoms with Crippen molar-refractivity contribution in [3.05, 3.63) is 22.3 Å². The first-order chi connectivity index (χ1) is 8.60. The Labute approximate surface area is 115 Å². The molecule has 6 heteroatoms. The Morgan fingerprint density at radius 3 is 3.00 bits per heavy atom. The van der Waals surface area contributed by atoms with E-state index in [1.165, 1.54) is 4.90 Å². The SMILES string of the molecule is CCNc1ncc(Br)cc1C(=O)N(C)CCC#N. The second-order valence-corrected chi connectivity index (χ2v) is 4.63. The average molecular weight is 311 g/mol. The van der Waals surface area contributed by atoms with Gasteiger partial charge in [0.05, 0.1) is 18.1 Å². The predicted octanol–water partition coefficient (Wildman–Crippen LogP) is 2.26. The van der Waals surface area contributed by atoms with Gasteiger partial charge in [-0.15, -0.1) is 0 Å². The Bertz CT molecular complexity index is 470. The molecular weight excluding hydrogens is 296 g/mol. The summed E-state index contributed by atoms with van der Waals surface area (Å²) in [5.41, 5.74) is 0.506. The standard InChI is InChI=1S/C12H15BrN4O/c1-3-15-11-10(7-9(13)8-16-11)12(18)17(2)6-4-5-14/h7-8H,3-4,6H2,1-2H3,(H,15,16). The minimum absolute atomic E-state index is 0.144. The molecule has 1 N–H and O–H groups in total. The van der Waals surface area contributed by atoms with E-state index in [9.17, 15) is 4.79 Å². The summed E-state index contributed by atoms with van der Waals surface area (Å²) in [5, 5.41) is 11.6. The van der Waals surface area contributed by atoms with Gasteiger partial charge in [0.1, 0.15) is 5.82 Å². The summed E-state index contributed by atoms with van der Waals surface area (Å²) in [6.45, 7) is 3.04. The third-order valence-corrected chi connectivity index (χ3v) is 2.77. The van der Waals surface area contributed by atoms with E-state index in [1.807, 2.05) is 13.0 Å². The van der Waals surface area contributed by atoms with Gasteiger partial charge in [-0.1, -0.05) is 0 Å². The molecule has 0 radical (unpaired) electrons. The fourth-order valence-electron chi connectivity index (χ4n) is 1.44. The van der Waals surface area contributed by atoms with Crippen molar-refractivity contribution >= 4 is 27.7 Å². The molecule has 0 bridgehead atoms. The van der Waals surface area contributed by atoms with E-state index in [0.717, 1.165) is 4.47 Å². The van der Waals surface area contributed by atoms with Crippen LogP contribution in [0.4, 0.5) is 5.82 Å². The maximum atomic E-state index is 12.2. The largest absolute Gasteiger partial charge is 0.370 e. The van der Waals surface area contributed by atoms with Crippen LogP contribution < -0.4 is 5.32 Å². The van der Waals surface area contributed by atoms with E-state index in [1.54, 1.807) is 19.3 Å². The Morgan fingerprint density at radius 2 is 2.39 bits per heavy atom. The zero-order valence-electron chi connectivity index (χ0n) is 10.4. The van der Waals surface area contributed by atoms with Crippen molar-refractivity contribution < 1.29 is 4.79 Å². The maximum Gasteiger partial charge on any atom is 0.257 e. The van der Waals surface area contributed by atoms with E-state index in [0.29, 0.717) is 30.9 Å². The number of halogens is 1. The summed E-state index contributed by atoms with van der Waals surface area (Å²) in [6, 6.07) is 3.75. The first kappa shape index (κ1) is 14.5. The lowest BCUT2D eigenvalue weighted by Crippen LogP contribution is -2.28. The van der Waals surface area contributed by atoms with Crippen LogP contribution in [-0.4, -0.2) is 35.9 Å². The molecule has 0 fully saturated rings. The topological polar surface area (TPSA) is 69.0 Å². The number of nitrogens with zero attached hydrogens (tertiary/aromatic N) is 3. The molecule has 1 amide bonds.